The number of hydrogen-bond donors (Lipinski definition) is 0. The Labute approximate surface area is 78.7 Å². The van der Waals surface area contributed by atoms with Gasteiger partial charge in [-0.2, -0.15) is 0 Å². The Morgan fingerprint density at radius 2 is 1.85 bits per heavy atom. The molecule has 2 unspecified atom stereocenters. The summed E-state index contributed by atoms with van der Waals surface area (Å²) in [6.07, 6.45) is 4.67. The molecule has 72 valence electrons. The van der Waals surface area contributed by atoms with Crippen LogP contribution >= 0.6 is 0 Å². The lowest BCUT2D eigenvalue weighted by Crippen LogP contribution is -2.59. The third-order valence-electron chi connectivity index (χ3n) is 4.48. The Morgan fingerprint density at radius 1 is 1.23 bits per heavy atom. The minimum absolute atomic E-state index is 0.208. The Kier molecular flexibility index (Phi) is 1.67. The summed E-state index contributed by atoms with van der Waals surface area (Å²) in [6.45, 7) is 4.37. The monoisotopic (exact) mass is 180 g/mol. The smallest absolute Gasteiger partial charge is 0.133 e. The highest BCUT2D eigenvalue weighted by molar-refractivity contribution is 5.85. The van der Waals surface area contributed by atoms with Gasteiger partial charge < -0.3 is 9.59 Å². The highest BCUT2D eigenvalue weighted by Crippen LogP contribution is 2.64. The molecule has 3 aliphatic carbocycles. The van der Waals surface area contributed by atoms with Crippen LogP contribution < -0.4 is 0 Å². The summed E-state index contributed by atoms with van der Waals surface area (Å²) in [5.74, 6) is 1.04. The van der Waals surface area contributed by atoms with E-state index in [1.165, 1.54) is 0 Å². The fraction of sp³-hybridized carbons (Fsp3) is 0.818. The van der Waals surface area contributed by atoms with Crippen molar-refractivity contribution in [1.82, 2.24) is 0 Å². The molecule has 0 aromatic heterocycles. The second-order valence-electron chi connectivity index (χ2n) is 5.19. The average Bonchev–Trinajstić information content (AvgIpc) is 2.17. The van der Waals surface area contributed by atoms with Gasteiger partial charge >= 0.3 is 0 Å². The van der Waals surface area contributed by atoms with Crippen molar-refractivity contribution in [2.24, 2.45) is 22.7 Å². The van der Waals surface area contributed by atoms with E-state index in [1.807, 2.05) is 0 Å². The molecule has 3 fully saturated rings. The molecule has 0 heterocycles. The summed E-state index contributed by atoms with van der Waals surface area (Å²) in [4.78, 5) is 22.0. The normalized spacial score (nSPS) is 38.9. The fourth-order valence-corrected chi connectivity index (χ4v) is 3.33. The van der Waals surface area contributed by atoms with E-state index in [0.29, 0.717) is 5.92 Å². The van der Waals surface area contributed by atoms with E-state index in [2.05, 4.69) is 13.8 Å². The lowest BCUT2D eigenvalue weighted by molar-refractivity contribution is -0.167. The zero-order chi connectivity index (χ0) is 9.69. The summed E-state index contributed by atoms with van der Waals surface area (Å²) in [6, 6.07) is 0. The predicted molar refractivity (Wildman–Crippen MR) is 49.2 cm³/mol. The summed E-state index contributed by atoms with van der Waals surface area (Å²) >= 11 is 0. The van der Waals surface area contributed by atoms with Gasteiger partial charge in [0, 0.05) is 0 Å². The molecule has 0 amide bonds. The Balaban J connectivity index is 2.33. The van der Waals surface area contributed by atoms with E-state index in [1.54, 1.807) is 0 Å². The molecule has 2 bridgehead atoms. The molecule has 0 N–H and O–H groups in total. The lowest BCUT2D eigenvalue weighted by atomic mass is 9.41. The Hall–Kier alpha value is -0.660. The number of fused-ring (bicyclic) bond motifs is 2. The first kappa shape index (κ1) is 8.92. The van der Waals surface area contributed by atoms with Gasteiger partial charge in [-0.25, -0.2) is 0 Å². The van der Waals surface area contributed by atoms with E-state index < -0.39 is 5.41 Å². The van der Waals surface area contributed by atoms with Gasteiger partial charge in [0.25, 0.3) is 0 Å². The molecular formula is C11H16O2. The van der Waals surface area contributed by atoms with Crippen molar-refractivity contribution in [1.29, 1.82) is 0 Å². The standard InChI is InChI=1S/C11H16O2/c1-10(2)8-3-4-11(6-12,7-13)9(10)5-8/h6-9H,3-5H2,1-2H3. The third-order valence-corrected chi connectivity index (χ3v) is 4.48. The number of rotatable bonds is 2. The van der Waals surface area contributed by atoms with Gasteiger partial charge in [0.15, 0.2) is 0 Å². The predicted octanol–water partition coefficient (Wildman–Crippen LogP) is 1.83. The maximum atomic E-state index is 11.0. The van der Waals surface area contributed by atoms with Crippen LogP contribution in [0.1, 0.15) is 33.1 Å². The molecule has 0 aromatic rings. The highest BCUT2D eigenvalue weighted by Gasteiger charge is 2.61. The Bertz CT molecular complexity index is 245. The van der Waals surface area contributed by atoms with Gasteiger partial charge in [0.05, 0.1) is 5.41 Å². The van der Waals surface area contributed by atoms with Gasteiger partial charge in [0.2, 0.25) is 0 Å². The summed E-state index contributed by atoms with van der Waals surface area (Å²) in [5, 5.41) is 0. The van der Waals surface area contributed by atoms with E-state index in [0.717, 1.165) is 37.8 Å². The molecular weight excluding hydrogens is 164 g/mol. The van der Waals surface area contributed by atoms with E-state index >= 15 is 0 Å². The second-order valence-corrected chi connectivity index (χ2v) is 5.19. The van der Waals surface area contributed by atoms with Crippen LogP contribution in [0.2, 0.25) is 0 Å². The molecule has 13 heavy (non-hydrogen) atoms. The minimum Gasteiger partial charge on any atom is -0.302 e. The number of carbonyl (C=O) groups excluding carboxylic acids is 2. The van der Waals surface area contributed by atoms with Crippen molar-refractivity contribution in [2.75, 3.05) is 0 Å². The van der Waals surface area contributed by atoms with Crippen molar-refractivity contribution in [3.8, 4) is 0 Å². The molecule has 0 aromatic carbocycles. The first-order valence-corrected chi connectivity index (χ1v) is 4.99. The third kappa shape index (κ3) is 0.890. The van der Waals surface area contributed by atoms with Crippen LogP contribution in [0.25, 0.3) is 0 Å². The van der Waals surface area contributed by atoms with Gasteiger partial charge in [0.1, 0.15) is 12.6 Å². The molecule has 0 saturated heterocycles. The summed E-state index contributed by atoms with van der Waals surface area (Å²) in [7, 11) is 0. The van der Waals surface area contributed by atoms with Crippen LogP contribution in [0.5, 0.6) is 0 Å². The maximum absolute atomic E-state index is 11.0. The first-order valence-electron chi connectivity index (χ1n) is 4.99. The van der Waals surface area contributed by atoms with Crippen molar-refractivity contribution in [2.45, 2.75) is 33.1 Å². The van der Waals surface area contributed by atoms with Crippen molar-refractivity contribution in [3.63, 3.8) is 0 Å². The molecule has 2 atom stereocenters. The topological polar surface area (TPSA) is 34.1 Å². The Morgan fingerprint density at radius 3 is 2.15 bits per heavy atom. The molecule has 0 aliphatic heterocycles. The second kappa shape index (κ2) is 2.43. The largest absolute Gasteiger partial charge is 0.302 e. The van der Waals surface area contributed by atoms with Crippen LogP contribution in [0.3, 0.4) is 0 Å². The zero-order valence-corrected chi connectivity index (χ0v) is 8.25. The molecule has 0 radical (unpaired) electrons. The van der Waals surface area contributed by atoms with Crippen LogP contribution in [0, 0.1) is 22.7 Å². The molecule has 3 rings (SSSR count). The van der Waals surface area contributed by atoms with Gasteiger partial charge in [-0.15, -0.1) is 0 Å². The summed E-state index contributed by atoms with van der Waals surface area (Å²) in [5.41, 5.74) is -0.432. The van der Waals surface area contributed by atoms with Gasteiger partial charge in [-0.1, -0.05) is 13.8 Å². The van der Waals surface area contributed by atoms with Crippen molar-refractivity contribution >= 4 is 12.6 Å². The molecule has 3 saturated carbocycles. The summed E-state index contributed by atoms with van der Waals surface area (Å²) < 4.78 is 0. The minimum atomic E-state index is -0.641. The maximum Gasteiger partial charge on any atom is 0.133 e. The van der Waals surface area contributed by atoms with E-state index in [4.69, 9.17) is 0 Å². The lowest BCUT2D eigenvalue weighted by Gasteiger charge is -2.62. The van der Waals surface area contributed by atoms with Crippen LogP contribution in [-0.2, 0) is 9.59 Å². The van der Waals surface area contributed by atoms with E-state index in [-0.39, 0.29) is 5.41 Å². The van der Waals surface area contributed by atoms with Crippen LogP contribution in [0.15, 0.2) is 0 Å². The van der Waals surface area contributed by atoms with Crippen molar-refractivity contribution < 1.29 is 9.59 Å². The highest BCUT2D eigenvalue weighted by atomic mass is 16.1. The number of carbonyl (C=O) groups is 2. The zero-order valence-electron chi connectivity index (χ0n) is 8.25. The number of aldehydes is 2. The first-order chi connectivity index (χ1) is 6.07. The molecule has 2 heteroatoms. The van der Waals surface area contributed by atoms with Gasteiger partial charge in [-0.05, 0) is 36.5 Å². The fourth-order valence-electron chi connectivity index (χ4n) is 3.33. The van der Waals surface area contributed by atoms with E-state index in [9.17, 15) is 9.59 Å². The molecule has 2 nitrogen and oxygen atoms in total. The molecule has 0 spiro atoms. The SMILES string of the molecule is CC1(C)C2CCC(C=O)(C=O)C1C2. The van der Waals surface area contributed by atoms with Gasteiger partial charge in [-0.3, -0.25) is 0 Å². The van der Waals surface area contributed by atoms with Crippen LogP contribution in [0.4, 0.5) is 0 Å². The number of hydrogen-bond acceptors (Lipinski definition) is 2. The molecule has 3 aliphatic rings. The average molecular weight is 180 g/mol. The van der Waals surface area contributed by atoms with Crippen molar-refractivity contribution in [3.05, 3.63) is 0 Å². The van der Waals surface area contributed by atoms with Crippen LogP contribution in [-0.4, -0.2) is 12.6 Å². The quantitative estimate of drug-likeness (QED) is 0.480.